The van der Waals surface area contributed by atoms with E-state index < -0.39 is 5.41 Å². The molecule has 4 nitrogen and oxygen atoms in total. The quantitative estimate of drug-likeness (QED) is 0.760. The van der Waals surface area contributed by atoms with E-state index in [9.17, 15) is 4.79 Å². The second-order valence-electron chi connectivity index (χ2n) is 5.90. The van der Waals surface area contributed by atoms with Crippen LogP contribution >= 0.6 is 11.6 Å². The van der Waals surface area contributed by atoms with Gasteiger partial charge in [0.2, 0.25) is 5.91 Å². The number of rotatable bonds is 7. The highest BCUT2D eigenvalue weighted by Crippen LogP contribution is 2.34. The van der Waals surface area contributed by atoms with Gasteiger partial charge in [0.15, 0.2) is 5.75 Å². The summed E-state index contributed by atoms with van der Waals surface area (Å²) in [6, 6.07) is 14.9. The lowest BCUT2D eigenvalue weighted by Gasteiger charge is -2.25. The molecule has 0 aliphatic rings. The highest BCUT2D eigenvalue weighted by Gasteiger charge is 2.30. The lowest BCUT2D eigenvalue weighted by Crippen LogP contribution is -2.34. The number of carbonyl (C=O) groups is 1. The maximum absolute atomic E-state index is 12.8. The first-order valence-corrected chi connectivity index (χ1v) is 8.12. The molecule has 0 atom stereocenters. The summed E-state index contributed by atoms with van der Waals surface area (Å²) < 4.78 is 10.6. The standard InChI is InChI=1S/C19H22ClNO3/c1-19(2,14-8-5-4-6-9-14)18(22)21-16-11-7-10-15(20)17(16)24-13-12-23-3/h4-11H,12-13H2,1-3H3,(H,21,22). The molecular weight excluding hydrogens is 326 g/mol. The Morgan fingerprint density at radius 2 is 1.79 bits per heavy atom. The van der Waals surface area contributed by atoms with Crippen LogP contribution in [-0.2, 0) is 14.9 Å². The molecule has 0 bridgehead atoms. The summed E-state index contributed by atoms with van der Waals surface area (Å²) >= 11 is 6.21. The van der Waals surface area contributed by atoms with Crippen molar-refractivity contribution in [1.29, 1.82) is 0 Å². The lowest BCUT2D eigenvalue weighted by molar-refractivity contribution is -0.120. The molecule has 5 heteroatoms. The molecule has 0 aromatic heterocycles. The zero-order valence-electron chi connectivity index (χ0n) is 14.1. The van der Waals surface area contributed by atoms with Crippen molar-refractivity contribution < 1.29 is 14.3 Å². The zero-order chi connectivity index (χ0) is 17.6. The number of hydrogen-bond acceptors (Lipinski definition) is 3. The van der Waals surface area contributed by atoms with Crippen LogP contribution in [0.5, 0.6) is 5.75 Å². The minimum absolute atomic E-state index is 0.132. The Kier molecular flexibility index (Phi) is 6.23. The first-order valence-electron chi connectivity index (χ1n) is 7.74. The van der Waals surface area contributed by atoms with Crippen LogP contribution < -0.4 is 10.1 Å². The molecule has 0 saturated heterocycles. The number of ether oxygens (including phenoxy) is 2. The van der Waals surface area contributed by atoms with E-state index in [0.717, 1.165) is 5.56 Å². The van der Waals surface area contributed by atoms with Crippen molar-refractivity contribution in [3.8, 4) is 5.75 Å². The third-order valence-electron chi connectivity index (χ3n) is 3.81. The van der Waals surface area contributed by atoms with Crippen molar-refractivity contribution in [2.45, 2.75) is 19.3 Å². The van der Waals surface area contributed by atoms with Gasteiger partial charge in [-0.05, 0) is 31.5 Å². The second kappa shape index (κ2) is 8.18. The van der Waals surface area contributed by atoms with E-state index in [0.29, 0.717) is 29.7 Å². The van der Waals surface area contributed by atoms with Crippen LogP contribution in [0.2, 0.25) is 5.02 Å². The van der Waals surface area contributed by atoms with Gasteiger partial charge in [-0.15, -0.1) is 0 Å². The van der Waals surface area contributed by atoms with Gasteiger partial charge in [-0.25, -0.2) is 0 Å². The van der Waals surface area contributed by atoms with Crippen molar-refractivity contribution in [1.82, 2.24) is 0 Å². The highest BCUT2D eigenvalue weighted by atomic mass is 35.5. The van der Waals surface area contributed by atoms with Crippen LogP contribution in [0, 0.1) is 0 Å². The second-order valence-corrected chi connectivity index (χ2v) is 6.31. The molecule has 0 radical (unpaired) electrons. The average Bonchev–Trinajstić information content (AvgIpc) is 2.58. The van der Waals surface area contributed by atoms with Gasteiger partial charge in [-0.2, -0.15) is 0 Å². The maximum atomic E-state index is 12.8. The smallest absolute Gasteiger partial charge is 0.234 e. The third kappa shape index (κ3) is 4.28. The minimum Gasteiger partial charge on any atom is -0.487 e. The molecule has 0 aliphatic heterocycles. The van der Waals surface area contributed by atoms with E-state index in [-0.39, 0.29) is 5.91 Å². The fraction of sp³-hybridized carbons (Fsp3) is 0.316. The summed E-state index contributed by atoms with van der Waals surface area (Å²) in [5.74, 6) is 0.320. The van der Waals surface area contributed by atoms with Gasteiger partial charge < -0.3 is 14.8 Å². The number of anilines is 1. The van der Waals surface area contributed by atoms with Crippen molar-refractivity contribution >= 4 is 23.2 Å². The summed E-state index contributed by atoms with van der Waals surface area (Å²) in [7, 11) is 1.60. The molecule has 1 amide bonds. The number of carbonyl (C=O) groups excluding carboxylic acids is 1. The zero-order valence-corrected chi connectivity index (χ0v) is 14.9. The van der Waals surface area contributed by atoms with Gasteiger partial charge >= 0.3 is 0 Å². The summed E-state index contributed by atoms with van der Waals surface area (Å²) in [5, 5.41) is 3.37. The van der Waals surface area contributed by atoms with Gasteiger partial charge in [-0.3, -0.25) is 4.79 Å². The topological polar surface area (TPSA) is 47.6 Å². The highest BCUT2D eigenvalue weighted by molar-refractivity contribution is 6.32. The summed E-state index contributed by atoms with van der Waals surface area (Å²) in [6.07, 6.45) is 0. The molecule has 2 rings (SSSR count). The molecule has 2 aromatic carbocycles. The Hall–Kier alpha value is -2.04. The van der Waals surface area contributed by atoms with Gasteiger partial charge in [0.1, 0.15) is 6.61 Å². The lowest BCUT2D eigenvalue weighted by atomic mass is 9.83. The molecule has 2 aromatic rings. The number of para-hydroxylation sites is 1. The fourth-order valence-corrected chi connectivity index (χ4v) is 2.47. The van der Waals surface area contributed by atoms with Crippen LogP contribution in [0.25, 0.3) is 0 Å². The molecule has 0 heterocycles. The molecule has 128 valence electrons. The molecule has 0 saturated carbocycles. The predicted octanol–water partition coefficient (Wildman–Crippen LogP) is 4.28. The molecule has 0 fully saturated rings. The molecular formula is C19H22ClNO3. The molecule has 24 heavy (non-hydrogen) atoms. The number of methoxy groups -OCH3 is 1. The van der Waals surface area contributed by atoms with Crippen molar-refractivity contribution in [2.24, 2.45) is 0 Å². The first kappa shape index (κ1) is 18.3. The normalized spacial score (nSPS) is 11.2. The van der Waals surface area contributed by atoms with E-state index in [1.165, 1.54) is 0 Å². The van der Waals surface area contributed by atoms with Gasteiger partial charge in [0, 0.05) is 7.11 Å². The van der Waals surface area contributed by atoms with Crippen LogP contribution in [0.1, 0.15) is 19.4 Å². The Balaban J connectivity index is 2.21. The van der Waals surface area contributed by atoms with Gasteiger partial charge in [0.25, 0.3) is 0 Å². The van der Waals surface area contributed by atoms with E-state index in [1.54, 1.807) is 25.3 Å². The summed E-state index contributed by atoms with van der Waals surface area (Å²) in [6.45, 7) is 4.56. The predicted molar refractivity (Wildman–Crippen MR) is 96.9 cm³/mol. The van der Waals surface area contributed by atoms with Crippen LogP contribution in [0.15, 0.2) is 48.5 Å². The number of benzene rings is 2. The average molecular weight is 348 g/mol. The number of amides is 1. The van der Waals surface area contributed by atoms with Crippen LogP contribution in [0.3, 0.4) is 0 Å². The van der Waals surface area contributed by atoms with E-state index in [4.69, 9.17) is 21.1 Å². The molecule has 1 N–H and O–H groups in total. The maximum Gasteiger partial charge on any atom is 0.234 e. The Labute approximate surface area is 147 Å². The number of hydrogen-bond donors (Lipinski definition) is 1. The molecule has 0 aliphatic carbocycles. The Bertz CT molecular complexity index is 686. The van der Waals surface area contributed by atoms with Crippen molar-refractivity contribution in [3.63, 3.8) is 0 Å². The number of nitrogens with one attached hydrogen (secondary N) is 1. The van der Waals surface area contributed by atoms with Crippen molar-refractivity contribution in [2.75, 3.05) is 25.6 Å². The SMILES string of the molecule is COCCOc1c(Cl)cccc1NC(=O)C(C)(C)c1ccccc1. The van der Waals surface area contributed by atoms with Crippen LogP contribution in [-0.4, -0.2) is 26.2 Å². The van der Waals surface area contributed by atoms with Gasteiger partial charge in [-0.1, -0.05) is 48.0 Å². The van der Waals surface area contributed by atoms with Gasteiger partial charge in [0.05, 0.1) is 22.7 Å². The fourth-order valence-electron chi connectivity index (χ4n) is 2.25. The summed E-state index contributed by atoms with van der Waals surface area (Å²) in [4.78, 5) is 12.8. The Morgan fingerprint density at radius 1 is 1.08 bits per heavy atom. The summed E-state index contributed by atoms with van der Waals surface area (Å²) in [5.41, 5.74) is 0.798. The van der Waals surface area contributed by atoms with Crippen molar-refractivity contribution in [3.05, 3.63) is 59.1 Å². The largest absolute Gasteiger partial charge is 0.487 e. The van der Waals surface area contributed by atoms with E-state index in [1.807, 2.05) is 44.2 Å². The molecule has 0 unspecified atom stereocenters. The van der Waals surface area contributed by atoms with E-state index >= 15 is 0 Å². The first-order chi connectivity index (χ1) is 11.5. The monoisotopic (exact) mass is 347 g/mol. The minimum atomic E-state index is -0.687. The number of halogens is 1. The Morgan fingerprint density at radius 3 is 2.46 bits per heavy atom. The van der Waals surface area contributed by atoms with Crippen LogP contribution in [0.4, 0.5) is 5.69 Å². The molecule has 0 spiro atoms. The third-order valence-corrected chi connectivity index (χ3v) is 4.11. The van der Waals surface area contributed by atoms with E-state index in [2.05, 4.69) is 5.32 Å².